The number of aryl methyl sites for hydroxylation is 1. The zero-order valence-electron chi connectivity index (χ0n) is 14.5. The van der Waals surface area contributed by atoms with Gasteiger partial charge >= 0.3 is 17.1 Å². The van der Waals surface area contributed by atoms with E-state index in [4.69, 9.17) is 17.5 Å². The molecule has 1 radical (unpaired) electrons. The van der Waals surface area contributed by atoms with Crippen molar-refractivity contribution < 1.29 is 34.6 Å². The maximum absolute atomic E-state index is 8.52. The van der Waals surface area contributed by atoms with Crippen LogP contribution in [-0.4, -0.2) is 17.5 Å². The molecule has 0 amide bonds. The molecule has 0 aromatic heterocycles. The summed E-state index contributed by atoms with van der Waals surface area (Å²) in [6.45, 7) is 2.28. The molecule has 0 fully saturated rings. The first-order valence-electron chi connectivity index (χ1n) is 8.64. The molecule has 143 valence electrons. The molecule has 1 aromatic carbocycles. The number of hydrogen-bond donors (Lipinski definition) is 0. The smallest absolute Gasteiger partial charge is 0.759 e. The van der Waals surface area contributed by atoms with Gasteiger partial charge in [-0.2, -0.15) is 0 Å². The second-order valence-electron chi connectivity index (χ2n) is 5.83. The summed E-state index contributed by atoms with van der Waals surface area (Å²) in [6.07, 6.45) is 15.5. The SMILES string of the molecule is CCCCCCCCCCCCc1ccccc1.O=S(=O)([O-])[O-].[Cu+2]. The normalized spacial score (nSPS) is 10.5. The third kappa shape index (κ3) is 23.9. The Morgan fingerprint density at radius 1 is 0.750 bits per heavy atom. The minimum absolute atomic E-state index is 0. The van der Waals surface area contributed by atoms with Gasteiger partial charge in [-0.3, -0.25) is 8.42 Å². The summed E-state index contributed by atoms with van der Waals surface area (Å²) >= 11 is 0. The fraction of sp³-hybridized carbons (Fsp3) is 0.667. The van der Waals surface area contributed by atoms with Gasteiger partial charge in [-0.05, 0) is 18.4 Å². The van der Waals surface area contributed by atoms with E-state index in [1.165, 1.54) is 76.2 Å². The average Bonchev–Trinajstić information content (AvgIpc) is 2.48. The number of rotatable bonds is 11. The van der Waals surface area contributed by atoms with Crippen molar-refractivity contribution in [2.45, 2.75) is 77.6 Å². The second-order valence-corrected chi connectivity index (χ2v) is 6.64. The van der Waals surface area contributed by atoms with Crippen molar-refractivity contribution in [3.8, 4) is 0 Å². The third-order valence-corrected chi connectivity index (χ3v) is 3.66. The molecular weight excluding hydrogens is 376 g/mol. The van der Waals surface area contributed by atoms with E-state index < -0.39 is 10.4 Å². The van der Waals surface area contributed by atoms with Crippen molar-refractivity contribution in [3.63, 3.8) is 0 Å². The van der Waals surface area contributed by atoms with E-state index in [1.807, 2.05) is 0 Å². The van der Waals surface area contributed by atoms with Crippen LogP contribution in [0.15, 0.2) is 30.3 Å². The van der Waals surface area contributed by atoms with Crippen molar-refractivity contribution in [1.82, 2.24) is 0 Å². The zero-order chi connectivity index (χ0) is 17.4. The molecule has 1 aromatic rings. The molecule has 0 N–H and O–H groups in total. The molecule has 24 heavy (non-hydrogen) atoms. The largest absolute Gasteiger partial charge is 2.00 e. The van der Waals surface area contributed by atoms with Gasteiger partial charge in [0.05, 0.1) is 0 Å². The van der Waals surface area contributed by atoms with E-state index in [9.17, 15) is 0 Å². The van der Waals surface area contributed by atoms with Crippen LogP contribution < -0.4 is 0 Å². The van der Waals surface area contributed by atoms with E-state index in [1.54, 1.807) is 0 Å². The minimum atomic E-state index is -5.17. The van der Waals surface area contributed by atoms with Crippen LogP contribution in [0.4, 0.5) is 0 Å². The summed E-state index contributed by atoms with van der Waals surface area (Å²) in [6, 6.07) is 10.9. The Balaban J connectivity index is 0. The van der Waals surface area contributed by atoms with Gasteiger partial charge in [0.1, 0.15) is 0 Å². The monoisotopic (exact) mass is 405 g/mol. The van der Waals surface area contributed by atoms with Crippen LogP contribution in [0.1, 0.15) is 76.7 Å². The number of hydrogen-bond acceptors (Lipinski definition) is 4. The molecule has 0 heterocycles. The molecule has 6 heteroatoms. The molecule has 0 aliphatic heterocycles. The van der Waals surface area contributed by atoms with E-state index in [-0.39, 0.29) is 17.1 Å². The molecule has 0 aliphatic rings. The number of benzene rings is 1. The molecule has 0 spiro atoms. The first-order chi connectivity index (χ1) is 10.9. The first kappa shape index (κ1) is 25.8. The van der Waals surface area contributed by atoms with Crippen molar-refractivity contribution in [2.75, 3.05) is 0 Å². The molecule has 0 aliphatic carbocycles. The Morgan fingerprint density at radius 3 is 1.54 bits per heavy atom. The van der Waals surface area contributed by atoms with Gasteiger partial charge in [0.15, 0.2) is 0 Å². The van der Waals surface area contributed by atoms with Crippen LogP contribution >= 0.6 is 0 Å². The summed E-state index contributed by atoms with van der Waals surface area (Å²) < 4.78 is 34.1. The van der Waals surface area contributed by atoms with Gasteiger partial charge in [-0.25, -0.2) is 0 Å². The average molecular weight is 406 g/mol. The Kier molecular flexibility index (Phi) is 18.8. The van der Waals surface area contributed by atoms with Crippen LogP contribution in [0.3, 0.4) is 0 Å². The molecule has 0 unspecified atom stereocenters. The van der Waals surface area contributed by atoms with Gasteiger partial charge in [-0.1, -0.05) is 95.0 Å². The molecule has 1 rings (SSSR count). The van der Waals surface area contributed by atoms with Gasteiger partial charge in [0, 0.05) is 10.4 Å². The van der Waals surface area contributed by atoms with E-state index in [0.29, 0.717) is 0 Å². The quantitative estimate of drug-likeness (QED) is 0.229. The maximum atomic E-state index is 8.52. The fourth-order valence-corrected chi connectivity index (χ4v) is 2.46. The summed E-state index contributed by atoms with van der Waals surface area (Å²) in [5, 5.41) is 0. The predicted octanol–water partition coefficient (Wildman–Crippen LogP) is 4.81. The summed E-state index contributed by atoms with van der Waals surface area (Å²) in [5.41, 5.74) is 1.50. The fourth-order valence-electron chi connectivity index (χ4n) is 2.46. The van der Waals surface area contributed by atoms with Crippen LogP contribution in [0.25, 0.3) is 0 Å². The minimum Gasteiger partial charge on any atom is -0.759 e. The van der Waals surface area contributed by atoms with Crippen LogP contribution in [0, 0.1) is 0 Å². The van der Waals surface area contributed by atoms with E-state index >= 15 is 0 Å². The summed E-state index contributed by atoms with van der Waals surface area (Å²) in [4.78, 5) is 0. The number of unbranched alkanes of at least 4 members (excludes halogenated alkanes) is 9. The zero-order valence-corrected chi connectivity index (χ0v) is 16.3. The standard InChI is InChI=1S/C18H30.Cu.H2O4S/c1-2-3-4-5-6-7-8-9-10-12-15-18-16-13-11-14-17-18;;1-5(2,3)4/h11,13-14,16-17H,2-10,12,15H2,1H3;;(H2,1,2,3,4)/q;+2;/p-2. The molecule has 4 nitrogen and oxygen atoms in total. The topological polar surface area (TPSA) is 80.3 Å². The van der Waals surface area contributed by atoms with Crippen LogP contribution in [0.5, 0.6) is 0 Å². The molecule has 0 saturated carbocycles. The Labute approximate surface area is 158 Å². The van der Waals surface area contributed by atoms with Crippen LogP contribution in [0.2, 0.25) is 0 Å². The van der Waals surface area contributed by atoms with E-state index in [2.05, 4.69) is 37.3 Å². The van der Waals surface area contributed by atoms with Crippen molar-refractivity contribution >= 4 is 10.4 Å². The molecule has 0 bridgehead atoms. The van der Waals surface area contributed by atoms with Gasteiger partial charge in [-0.15, -0.1) is 0 Å². The van der Waals surface area contributed by atoms with Crippen molar-refractivity contribution in [2.24, 2.45) is 0 Å². The maximum Gasteiger partial charge on any atom is 2.00 e. The van der Waals surface area contributed by atoms with Gasteiger partial charge in [0.2, 0.25) is 0 Å². The Morgan fingerprint density at radius 2 is 1.12 bits per heavy atom. The first-order valence-corrected chi connectivity index (χ1v) is 9.97. The van der Waals surface area contributed by atoms with Gasteiger partial charge < -0.3 is 9.11 Å². The third-order valence-electron chi connectivity index (χ3n) is 3.66. The van der Waals surface area contributed by atoms with Crippen molar-refractivity contribution in [1.29, 1.82) is 0 Å². The van der Waals surface area contributed by atoms with Gasteiger partial charge in [0.25, 0.3) is 0 Å². The van der Waals surface area contributed by atoms with Crippen LogP contribution in [-0.2, 0) is 33.9 Å². The summed E-state index contributed by atoms with van der Waals surface area (Å²) in [7, 11) is -5.17. The second kappa shape index (κ2) is 17.4. The van der Waals surface area contributed by atoms with Crippen molar-refractivity contribution in [3.05, 3.63) is 35.9 Å². The summed E-state index contributed by atoms with van der Waals surface area (Å²) in [5.74, 6) is 0. The Hall–Kier alpha value is -0.391. The molecular formula is C18H30CuO4S. The molecule has 0 atom stereocenters. The van der Waals surface area contributed by atoms with E-state index in [0.717, 1.165) is 0 Å². The Bertz CT molecular complexity index is 455. The molecule has 0 saturated heterocycles. The predicted molar refractivity (Wildman–Crippen MR) is 92.5 cm³/mol.